The average molecular weight is 295 g/mol. The number of cyclic esters (lactones) is 1. The molecule has 1 saturated heterocycles. The second-order valence-corrected chi connectivity index (χ2v) is 3.83. The van der Waals surface area contributed by atoms with Gasteiger partial charge in [-0.05, 0) is 22.0 Å². The molecular formula is C9H9BrClNO3. The molecular weight excluding hydrogens is 285 g/mol. The summed E-state index contributed by atoms with van der Waals surface area (Å²) in [6, 6.07) is 5.01. The normalized spacial score (nSPS) is 19.0. The van der Waals surface area contributed by atoms with Crippen LogP contribution >= 0.6 is 28.3 Å². The topological polar surface area (TPSA) is 58.6 Å². The second-order valence-electron chi connectivity index (χ2n) is 2.97. The number of benzene rings is 1. The standard InChI is InChI=1S/C9H8BrNO3.ClH/c10-6-3-1-2-5(8(6)12)7-4-14-9(13)11-7;/h1-3,7,12H,4H2,(H,11,13);1H/t7-;/m0./s1. The van der Waals surface area contributed by atoms with Gasteiger partial charge in [0.25, 0.3) is 0 Å². The lowest BCUT2D eigenvalue weighted by Crippen LogP contribution is -2.18. The first-order valence-corrected chi connectivity index (χ1v) is 4.88. The SMILES string of the molecule is Cl.O=C1N[C@H](c2cccc(Br)c2O)CO1. The third kappa shape index (κ3) is 2.35. The van der Waals surface area contributed by atoms with Crippen LogP contribution in [0.2, 0.25) is 0 Å². The van der Waals surface area contributed by atoms with Crippen LogP contribution in [0, 0.1) is 0 Å². The molecule has 82 valence electrons. The largest absolute Gasteiger partial charge is 0.506 e. The molecule has 0 radical (unpaired) electrons. The van der Waals surface area contributed by atoms with Gasteiger partial charge in [-0.2, -0.15) is 0 Å². The smallest absolute Gasteiger partial charge is 0.407 e. The van der Waals surface area contributed by atoms with Gasteiger partial charge in [0.15, 0.2) is 0 Å². The number of para-hydroxylation sites is 1. The summed E-state index contributed by atoms with van der Waals surface area (Å²) in [5.41, 5.74) is 0.658. The fourth-order valence-electron chi connectivity index (χ4n) is 1.37. The van der Waals surface area contributed by atoms with Gasteiger partial charge in [0.05, 0.1) is 10.5 Å². The van der Waals surface area contributed by atoms with E-state index in [9.17, 15) is 9.90 Å². The number of hydrogen-bond acceptors (Lipinski definition) is 3. The Morgan fingerprint density at radius 1 is 1.53 bits per heavy atom. The monoisotopic (exact) mass is 293 g/mol. The predicted octanol–water partition coefficient (Wildman–Crippen LogP) is 2.36. The molecule has 0 spiro atoms. The van der Waals surface area contributed by atoms with Crippen LogP contribution in [0.3, 0.4) is 0 Å². The van der Waals surface area contributed by atoms with Crippen molar-refractivity contribution < 1.29 is 14.6 Å². The number of alkyl carbamates (subject to hydrolysis) is 1. The Morgan fingerprint density at radius 2 is 2.27 bits per heavy atom. The van der Waals surface area contributed by atoms with Gasteiger partial charge in [-0.1, -0.05) is 12.1 Å². The number of hydrogen-bond donors (Lipinski definition) is 2. The number of carbonyl (C=O) groups is 1. The minimum absolute atomic E-state index is 0. The van der Waals surface area contributed by atoms with E-state index in [4.69, 9.17) is 4.74 Å². The maximum Gasteiger partial charge on any atom is 0.407 e. The molecule has 1 atom stereocenters. The summed E-state index contributed by atoms with van der Waals surface area (Å²) in [6.07, 6.45) is -0.450. The highest BCUT2D eigenvalue weighted by Gasteiger charge is 2.26. The number of nitrogens with one attached hydrogen (secondary N) is 1. The summed E-state index contributed by atoms with van der Waals surface area (Å²) < 4.78 is 5.35. The molecule has 0 unspecified atom stereocenters. The zero-order valence-corrected chi connectivity index (χ0v) is 9.97. The van der Waals surface area contributed by atoms with Crippen molar-refractivity contribution in [2.75, 3.05) is 6.61 Å². The minimum Gasteiger partial charge on any atom is -0.506 e. The number of phenolic OH excluding ortho intramolecular Hbond substituents is 1. The van der Waals surface area contributed by atoms with E-state index in [1.807, 2.05) is 0 Å². The molecule has 0 bridgehead atoms. The Kier molecular flexibility index (Phi) is 3.82. The van der Waals surface area contributed by atoms with Crippen LogP contribution in [0.25, 0.3) is 0 Å². The highest BCUT2D eigenvalue weighted by Crippen LogP contribution is 2.32. The Hall–Kier alpha value is -0.940. The Morgan fingerprint density at radius 3 is 2.87 bits per heavy atom. The summed E-state index contributed by atoms with van der Waals surface area (Å²) in [7, 11) is 0. The van der Waals surface area contributed by atoms with Crippen molar-refractivity contribution in [3.63, 3.8) is 0 Å². The Labute approximate surface area is 101 Å². The summed E-state index contributed by atoms with van der Waals surface area (Å²) >= 11 is 3.20. The molecule has 0 aromatic heterocycles. The molecule has 2 rings (SSSR count). The third-order valence-electron chi connectivity index (χ3n) is 2.07. The number of halogens is 2. The minimum atomic E-state index is -0.450. The van der Waals surface area contributed by atoms with Crippen LogP contribution in [-0.2, 0) is 4.74 Å². The first-order chi connectivity index (χ1) is 6.68. The van der Waals surface area contributed by atoms with Crippen molar-refractivity contribution in [2.24, 2.45) is 0 Å². The van der Waals surface area contributed by atoms with Crippen molar-refractivity contribution >= 4 is 34.4 Å². The van der Waals surface area contributed by atoms with E-state index in [2.05, 4.69) is 21.2 Å². The maximum absolute atomic E-state index is 10.8. The van der Waals surface area contributed by atoms with Gasteiger partial charge >= 0.3 is 6.09 Å². The van der Waals surface area contributed by atoms with Gasteiger partial charge in [-0.15, -0.1) is 12.4 Å². The number of rotatable bonds is 1. The zero-order valence-electron chi connectivity index (χ0n) is 7.57. The highest BCUT2D eigenvalue weighted by molar-refractivity contribution is 9.10. The summed E-state index contributed by atoms with van der Waals surface area (Å²) in [5.74, 6) is 0.142. The van der Waals surface area contributed by atoms with Crippen molar-refractivity contribution in [3.05, 3.63) is 28.2 Å². The highest BCUT2D eigenvalue weighted by atomic mass is 79.9. The van der Waals surface area contributed by atoms with E-state index < -0.39 is 6.09 Å². The van der Waals surface area contributed by atoms with E-state index in [1.165, 1.54) is 0 Å². The molecule has 1 amide bonds. The van der Waals surface area contributed by atoms with Crippen molar-refractivity contribution in [1.29, 1.82) is 0 Å². The van der Waals surface area contributed by atoms with Crippen molar-refractivity contribution in [3.8, 4) is 5.75 Å². The van der Waals surface area contributed by atoms with E-state index in [-0.39, 0.29) is 30.8 Å². The molecule has 6 heteroatoms. The van der Waals surface area contributed by atoms with Crippen LogP contribution in [-0.4, -0.2) is 17.8 Å². The van der Waals surface area contributed by atoms with E-state index in [0.717, 1.165) is 0 Å². The molecule has 15 heavy (non-hydrogen) atoms. The molecule has 0 saturated carbocycles. The van der Waals surface area contributed by atoms with Gasteiger partial charge in [-0.3, -0.25) is 0 Å². The number of carbonyl (C=O) groups excluding carboxylic acids is 1. The van der Waals surface area contributed by atoms with Crippen LogP contribution < -0.4 is 5.32 Å². The van der Waals surface area contributed by atoms with Gasteiger partial charge in [0, 0.05) is 5.56 Å². The van der Waals surface area contributed by atoms with Gasteiger partial charge in [-0.25, -0.2) is 4.79 Å². The lowest BCUT2D eigenvalue weighted by atomic mass is 10.1. The zero-order chi connectivity index (χ0) is 10.1. The van der Waals surface area contributed by atoms with Crippen LogP contribution in [0.1, 0.15) is 11.6 Å². The second kappa shape index (κ2) is 4.72. The first kappa shape index (κ1) is 12.1. The molecule has 1 heterocycles. The quantitative estimate of drug-likeness (QED) is 0.836. The molecule has 4 nitrogen and oxygen atoms in total. The van der Waals surface area contributed by atoms with E-state index >= 15 is 0 Å². The molecule has 1 aromatic rings. The predicted molar refractivity (Wildman–Crippen MR) is 60.3 cm³/mol. The lowest BCUT2D eigenvalue weighted by molar-refractivity contribution is 0.177. The number of phenols is 1. The van der Waals surface area contributed by atoms with Gasteiger partial charge in [0.2, 0.25) is 0 Å². The number of amides is 1. The van der Waals surface area contributed by atoms with Crippen molar-refractivity contribution in [1.82, 2.24) is 5.32 Å². The molecule has 1 aliphatic rings. The van der Waals surface area contributed by atoms with Crippen LogP contribution in [0.4, 0.5) is 4.79 Å². The number of aromatic hydroxyl groups is 1. The molecule has 2 N–H and O–H groups in total. The molecule has 1 fully saturated rings. The van der Waals surface area contributed by atoms with Gasteiger partial charge in [0.1, 0.15) is 12.4 Å². The Bertz CT molecular complexity index is 386. The number of ether oxygens (including phenoxy) is 1. The molecule has 1 aromatic carbocycles. The Balaban J connectivity index is 0.00000112. The van der Waals surface area contributed by atoms with E-state index in [1.54, 1.807) is 18.2 Å². The summed E-state index contributed by atoms with van der Waals surface area (Å²) in [4.78, 5) is 10.8. The maximum atomic E-state index is 10.8. The van der Waals surface area contributed by atoms with E-state index in [0.29, 0.717) is 10.0 Å². The molecule has 0 aliphatic carbocycles. The van der Waals surface area contributed by atoms with Crippen LogP contribution in [0.5, 0.6) is 5.75 Å². The fraction of sp³-hybridized carbons (Fsp3) is 0.222. The third-order valence-corrected chi connectivity index (χ3v) is 2.71. The molecule has 1 aliphatic heterocycles. The van der Waals surface area contributed by atoms with Crippen LogP contribution in [0.15, 0.2) is 22.7 Å². The lowest BCUT2D eigenvalue weighted by Gasteiger charge is -2.10. The summed E-state index contributed by atoms with van der Waals surface area (Å²) in [6.45, 7) is 0.253. The first-order valence-electron chi connectivity index (χ1n) is 4.09. The summed E-state index contributed by atoms with van der Waals surface area (Å²) in [5, 5.41) is 12.3. The fourth-order valence-corrected chi connectivity index (χ4v) is 1.75. The van der Waals surface area contributed by atoms with Gasteiger partial charge < -0.3 is 15.2 Å². The van der Waals surface area contributed by atoms with Crippen molar-refractivity contribution in [2.45, 2.75) is 6.04 Å². The average Bonchev–Trinajstić information content (AvgIpc) is 2.57.